The van der Waals surface area contributed by atoms with Gasteiger partial charge in [-0.2, -0.15) is 0 Å². The van der Waals surface area contributed by atoms with E-state index in [1.165, 1.54) is 12.8 Å². The van der Waals surface area contributed by atoms with Gasteiger partial charge in [0.2, 0.25) is 0 Å². The number of benzene rings is 1. The summed E-state index contributed by atoms with van der Waals surface area (Å²) < 4.78 is 12.4. The van der Waals surface area contributed by atoms with Crippen molar-refractivity contribution in [3.63, 3.8) is 0 Å². The van der Waals surface area contributed by atoms with Crippen molar-refractivity contribution in [3.05, 3.63) is 28.8 Å². The number of hydrogen-bond acceptors (Lipinski definition) is 4. The topological polar surface area (TPSA) is 58.9 Å². The Labute approximate surface area is 163 Å². The molecule has 0 bridgehead atoms. The van der Waals surface area contributed by atoms with E-state index in [-0.39, 0.29) is 5.75 Å². The van der Waals surface area contributed by atoms with Gasteiger partial charge in [-0.25, -0.2) is 0 Å². The lowest BCUT2D eigenvalue weighted by Crippen LogP contribution is -2.49. The third-order valence-electron chi connectivity index (χ3n) is 5.94. The molecule has 2 atom stereocenters. The van der Waals surface area contributed by atoms with Crippen LogP contribution in [0.2, 0.25) is 0 Å². The Morgan fingerprint density at radius 1 is 1.19 bits per heavy atom. The van der Waals surface area contributed by atoms with Crippen molar-refractivity contribution >= 4 is 5.57 Å². The first-order chi connectivity index (χ1) is 12.7. The average molecular weight is 375 g/mol. The highest BCUT2D eigenvalue weighted by atomic mass is 16.5. The molecule has 1 aliphatic carbocycles. The summed E-state index contributed by atoms with van der Waals surface area (Å²) in [6, 6.07) is 3.91. The number of hydrogen-bond donors (Lipinski definition) is 2. The molecule has 27 heavy (non-hydrogen) atoms. The molecule has 4 heteroatoms. The van der Waals surface area contributed by atoms with Crippen LogP contribution in [-0.2, 0) is 11.2 Å². The van der Waals surface area contributed by atoms with E-state index in [1.807, 2.05) is 19.9 Å². The van der Waals surface area contributed by atoms with Crippen LogP contribution in [0, 0.1) is 0 Å². The lowest BCUT2D eigenvalue weighted by Gasteiger charge is -2.47. The molecule has 1 aromatic carbocycles. The standard InChI is InChI=1S/C23H34O4/c1-6-8-9-10-15-13-17(24)20-18(14-15)27-22(3,4)16-11-12-23(5,25)21(19(16)20)26-7-2/h13-14,21,24-25H,6-12H2,1-5H3/t21-,23-/m0/s1. The lowest BCUT2D eigenvalue weighted by molar-refractivity contribution is -0.0786. The fraction of sp³-hybridized carbons (Fsp3) is 0.652. The van der Waals surface area contributed by atoms with E-state index in [1.54, 1.807) is 0 Å². The van der Waals surface area contributed by atoms with Crippen LogP contribution < -0.4 is 4.74 Å². The summed E-state index contributed by atoms with van der Waals surface area (Å²) >= 11 is 0. The summed E-state index contributed by atoms with van der Waals surface area (Å²) in [5, 5.41) is 21.9. The van der Waals surface area contributed by atoms with Gasteiger partial charge in [0.15, 0.2) is 0 Å². The smallest absolute Gasteiger partial charge is 0.132 e. The maximum absolute atomic E-state index is 11.0. The van der Waals surface area contributed by atoms with Crippen LogP contribution in [0.3, 0.4) is 0 Å². The zero-order valence-electron chi connectivity index (χ0n) is 17.4. The second-order valence-electron chi connectivity index (χ2n) is 8.64. The first kappa shape index (κ1) is 20.2. The summed E-state index contributed by atoms with van der Waals surface area (Å²) in [6.45, 7) is 10.6. The molecule has 1 heterocycles. The normalized spacial score (nSPS) is 26.4. The molecule has 1 aromatic rings. The summed E-state index contributed by atoms with van der Waals surface area (Å²) in [7, 11) is 0. The van der Waals surface area contributed by atoms with Gasteiger partial charge in [0, 0.05) is 12.2 Å². The molecule has 0 aromatic heterocycles. The van der Waals surface area contributed by atoms with Gasteiger partial charge in [0.05, 0.1) is 11.2 Å². The Hall–Kier alpha value is -1.52. The van der Waals surface area contributed by atoms with E-state index in [9.17, 15) is 10.2 Å². The molecule has 3 rings (SSSR count). The molecule has 0 spiro atoms. The summed E-state index contributed by atoms with van der Waals surface area (Å²) in [5.41, 5.74) is 2.37. The molecule has 0 saturated carbocycles. The average Bonchev–Trinajstić information content (AvgIpc) is 2.56. The van der Waals surface area contributed by atoms with Crippen LogP contribution in [0.5, 0.6) is 11.5 Å². The monoisotopic (exact) mass is 374 g/mol. The number of unbranched alkanes of at least 4 members (excludes halogenated alkanes) is 2. The molecule has 2 N–H and O–H groups in total. The number of aromatic hydroxyl groups is 1. The number of aliphatic hydroxyl groups is 1. The van der Waals surface area contributed by atoms with Gasteiger partial charge in [0.1, 0.15) is 23.2 Å². The largest absolute Gasteiger partial charge is 0.507 e. The highest BCUT2D eigenvalue weighted by Gasteiger charge is 2.48. The molecule has 0 radical (unpaired) electrons. The number of ether oxygens (including phenoxy) is 2. The molecular weight excluding hydrogens is 340 g/mol. The molecule has 0 saturated heterocycles. The molecular formula is C23H34O4. The number of phenolic OH excluding ortho intramolecular Hbond substituents is 1. The molecule has 0 amide bonds. The minimum absolute atomic E-state index is 0.226. The number of fused-ring (bicyclic) bond motifs is 2. The van der Waals surface area contributed by atoms with E-state index in [0.29, 0.717) is 24.3 Å². The van der Waals surface area contributed by atoms with Crippen molar-refractivity contribution in [2.45, 2.75) is 90.4 Å². The highest BCUT2D eigenvalue weighted by Crippen LogP contribution is 2.53. The van der Waals surface area contributed by atoms with Crippen LogP contribution in [-0.4, -0.2) is 34.1 Å². The van der Waals surface area contributed by atoms with Crippen LogP contribution in [0.1, 0.15) is 77.8 Å². The fourth-order valence-corrected chi connectivity index (χ4v) is 4.52. The van der Waals surface area contributed by atoms with E-state index in [2.05, 4.69) is 26.8 Å². The molecule has 1 aliphatic heterocycles. The van der Waals surface area contributed by atoms with Gasteiger partial charge in [-0.15, -0.1) is 0 Å². The molecule has 150 valence electrons. The van der Waals surface area contributed by atoms with Crippen LogP contribution in [0.15, 0.2) is 17.7 Å². The Morgan fingerprint density at radius 2 is 1.93 bits per heavy atom. The number of aryl methyl sites for hydroxylation is 1. The molecule has 0 unspecified atom stereocenters. The number of phenols is 1. The highest BCUT2D eigenvalue weighted by molar-refractivity contribution is 5.84. The van der Waals surface area contributed by atoms with E-state index < -0.39 is 17.3 Å². The second-order valence-corrected chi connectivity index (χ2v) is 8.64. The summed E-state index contributed by atoms with van der Waals surface area (Å²) in [6.07, 6.45) is 5.26. The van der Waals surface area contributed by atoms with Gasteiger partial charge in [-0.05, 0) is 76.6 Å². The molecule has 4 nitrogen and oxygen atoms in total. The maximum Gasteiger partial charge on any atom is 0.132 e. The predicted molar refractivity (Wildman–Crippen MR) is 108 cm³/mol. The summed E-state index contributed by atoms with van der Waals surface area (Å²) in [4.78, 5) is 0. The van der Waals surface area contributed by atoms with Crippen molar-refractivity contribution in [2.24, 2.45) is 0 Å². The van der Waals surface area contributed by atoms with Gasteiger partial charge < -0.3 is 19.7 Å². The van der Waals surface area contributed by atoms with Crippen LogP contribution in [0.4, 0.5) is 0 Å². The van der Waals surface area contributed by atoms with Crippen molar-refractivity contribution in [3.8, 4) is 11.5 Å². The van der Waals surface area contributed by atoms with Gasteiger partial charge in [-0.1, -0.05) is 19.8 Å². The second kappa shape index (κ2) is 7.48. The Bertz CT molecular complexity index is 730. The minimum Gasteiger partial charge on any atom is -0.507 e. The van der Waals surface area contributed by atoms with Crippen LogP contribution >= 0.6 is 0 Å². The maximum atomic E-state index is 11.0. The first-order valence-corrected chi connectivity index (χ1v) is 10.3. The van der Waals surface area contributed by atoms with Crippen LogP contribution in [0.25, 0.3) is 5.57 Å². The van der Waals surface area contributed by atoms with E-state index in [4.69, 9.17) is 9.47 Å². The van der Waals surface area contributed by atoms with Gasteiger partial charge in [-0.3, -0.25) is 0 Å². The lowest BCUT2D eigenvalue weighted by atomic mass is 9.70. The van der Waals surface area contributed by atoms with E-state index in [0.717, 1.165) is 36.0 Å². The predicted octanol–water partition coefficient (Wildman–Crippen LogP) is 5.00. The fourth-order valence-electron chi connectivity index (χ4n) is 4.52. The quantitative estimate of drug-likeness (QED) is 0.688. The molecule has 2 aliphatic rings. The van der Waals surface area contributed by atoms with Crippen molar-refractivity contribution < 1.29 is 19.7 Å². The van der Waals surface area contributed by atoms with Gasteiger partial charge in [0.25, 0.3) is 0 Å². The Morgan fingerprint density at radius 3 is 2.59 bits per heavy atom. The molecule has 0 fully saturated rings. The third kappa shape index (κ3) is 3.74. The Balaban J connectivity index is 2.11. The minimum atomic E-state index is -0.966. The van der Waals surface area contributed by atoms with Gasteiger partial charge >= 0.3 is 0 Å². The number of rotatable bonds is 6. The van der Waals surface area contributed by atoms with E-state index >= 15 is 0 Å². The third-order valence-corrected chi connectivity index (χ3v) is 5.94. The van der Waals surface area contributed by atoms with Crippen molar-refractivity contribution in [1.82, 2.24) is 0 Å². The SMILES string of the molecule is CCCCCc1cc(O)c2c(c1)OC(C)(C)C1=C2[C@H](OCC)[C@@](C)(O)CC1. The first-order valence-electron chi connectivity index (χ1n) is 10.3. The zero-order valence-corrected chi connectivity index (χ0v) is 17.4. The Kier molecular flexibility index (Phi) is 5.60. The summed E-state index contributed by atoms with van der Waals surface area (Å²) in [5.74, 6) is 0.928. The van der Waals surface area contributed by atoms with Crippen molar-refractivity contribution in [2.75, 3.05) is 6.61 Å². The zero-order chi connectivity index (χ0) is 19.8. The van der Waals surface area contributed by atoms with Crippen molar-refractivity contribution in [1.29, 1.82) is 0 Å².